The van der Waals surface area contributed by atoms with E-state index in [0.717, 1.165) is 0 Å². The first-order chi connectivity index (χ1) is 8.21. The minimum atomic E-state index is -0.879. The summed E-state index contributed by atoms with van der Waals surface area (Å²) in [5.74, 6) is -0.805. The minimum Gasteiger partial charge on any atom is -0.481 e. The molecule has 0 aliphatic carbocycles. The average Bonchev–Trinajstić information content (AvgIpc) is 2.19. The van der Waals surface area contributed by atoms with Gasteiger partial charge < -0.3 is 15.1 Å². The van der Waals surface area contributed by atoms with E-state index in [-0.39, 0.29) is 30.8 Å². The second-order valence-electron chi connectivity index (χ2n) is 6.08. The fourth-order valence-electron chi connectivity index (χ4n) is 2.35. The molecule has 0 spiro atoms. The third kappa shape index (κ3) is 4.29. The summed E-state index contributed by atoms with van der Waals surface area (Å²) in [6.07, 6.45) is 0.500. The van der Waals surface area contributed by atoms with Gasteiger partial charge in [-0.05, 0) is 17.8 Å². The molecule has 104 valence electrons. The van der Waals surface area contributed by atoms with Crippen LogP contribution in [0.2, 0.25) is 0 Å². The van der Waals surface area contributed by atoms with E-state index in [1.165, 1.54) is 0 Å². The van der Waals surface area contributed by atoms with Gasteiger partial charge in [-0.2, -0.15) is 0 Å². The lowest BCUT2D eigenvalue weighted by Gasteiger charge is -2.36. The van der Waals surface area contributed by atoms with E-state index in [1.807, 2.05) is 6.92 Å². The van der Waals surface area contributed by atoms with Crippen molar-refractivity contribution >= 4 is 11.9 Å². The first-order valence-corrected chi connectivity index (χ1v) is 6.39. The lowest BCUT2D eigenvalue weighted by Crippen LogP contribution is -2.46. The van der Waals surface area contributed by atoms with Crippen LogP contribution < -0.4 is 0 Å². The zero-order chi connectivity index (χ0) is 13.9. The Morgan fingerprint density at radius 2 is 1.94 bits per heavy atom. The van der Waals surface area contributed by atoms with Crippen LogP contribution in [-0.4, -0.2) is 46.2 Å². The number of aliphatic hydroxyl groups is 1. The smallest absolute Gasteiger partial charge is 0.303 e. The Labute approximate surface area is 108 Å². The molecule has 5 heteroatoms. The average molecular weight is 257 g/mol. The highest BCUT2D eigenvalue weighted by molar-refractivity contribution is 5.78. The van der Waals surface area contributed by atoms with E-state index in [4.69, 9.17) is 5.11 Å². The molecule has 0 saturated carbocycles. The Morgan fingerprint density at radius 1 is 1.33 bits per heavy atom. The fraction of sp³-hybridized carbons (Fsp3) is 0.846. The second kappa shape index (κ2) is 5.69. The van der Waals surface area contributed by atoms with Gasteiger partial charge in [0, 0.05) is 19.5 Å². The third-order valence-electron chi connectivity index (χ3n) is 3.47. The molecule has 18 heavy (non-hydrogen) atoms. The van der Waals surface area contributed by atoms with Crippen molar-refractivity contribution in [3.8, 4) is 0 Å². The van der Waals surface area contributed by atoms with Crippen LogP contribution in [0.1, 0.15) is 40.0 Å². The molecule has 0 aromatic heterocycles. The molecule has 1 amide bonds. The summed E-state index contributed by atoms with van der Waals surface area (Å²) in [4.78, 5) is 24.5. The number of nitrogens with zero attached hydrogens (tertiary/aromatic N) is 1. The van der Waals surface area contributed by atoms with Crippen molar-refractivity contribution < 1.29 is 19.8 Å². The van der Waals surface area contributed by atoms with E-state index >= 15 is 0 Å². The molecule has 1 saturated heterocycles. The molecule has 2 unspecified atom stereocenters. The monoisotopic (exact) mass is 257 g/mol. The normalized spacial score (nSPS) is 25.0. The van der Waals surface area contributed by atoms with Crippen LogP contribution in [0.5, 0.6) is 0 Å². The summed E-state index contributed by atoms with van der Waals surface area (Å²) < 4.78 is 0. The molecule has 1 heterocycles. The van der Waals surface area contributed by atoms with Crippen molar-refractivity contribution in [2.45, 2.75) is 46.1 Å². The number of carbonyl (C=O) groups excluding carboxylic acids is 1. The van der Waals surface area contributed by atoms with Gasteiger partial charge in [0.25, 0.3) is 0 Å². The number of hydrogen-bond acceptors (Lipinski definition) is 3. The van der Waals surface area contributed by atoms with Crippen molar-refractivity contribution in [1.29, 1.82) is 0 Å². The molecule has 0 bridgehead atoms. The van der Waals surface area contributed by atoms with Gasteiger partial charge >= 0.3 is 5.97 Å². The van der Waals surface area contributed by atoms with Crippen molar-refractivity contribution in [2.75, 3.05) is 13.1 Å². The van der Waals surface area contributed by atoms with Gasteiger partial charge in [-0.1, -0.05) is 20.8 Å². The molecule has 0 radical (unpaired) electrons. The van der Waals surface area contributed by atoms with Gasteiger partial charge in [-0.15, -0.1) is 0 Å². The number of rotatable bonds is 4. The van der Waals surface area contributed by atoms with Crippen LogP contribution in [0.3, 0.4) is 0 Å². The number of carboxylic acids is 1. The lowest BCUT2D eigenvalue weighted by atomic mass is 9.84. The Balaban J connectivity index is 2.53. The van der Waals surface area contributed by atoms with Crippen LogP contribution in [0.4, 0.5) is 0 Å². The van der Waals surface area contributed by atoms with Crippen molar-refractivity contribution in [3.05, 3.63) is 0 Å². The number of piperidine rings is 1. The number of aliphatic hydroxyl groups excluding tert-OH is 1. The summed E-state index contributed by atoms with van der Waals surface area (Å²) >= 11 is 0. The van der Waals surface area contributed by atoms with Crippen molar-refractivity contribution in [3.63, 3.8) is 0 Å². The molecular formula is C13H23NO4. The number of aliphatic carboxylic acids is 1. The molecule has 5 nitrogen and oxygen atoms in total. The molecule has 1 aliphatic heterocycles. The molecule has 0 aromatic carbocycles. The zero-order valence-corrected chi connectivity index (χ0v) is 11.3. The highest BCUT2D eigenvalue weighted by Crippen LogP contribution is 2.27. The molecular weight excluding hydrogens is 234 g/mol. The number of hydrogen-bond donors (Lipinski definition) is 2. The molecule has 0 aromatic rings. The first-order valence-electron chi connectivity index (χ1n) is 6.39. The number of likely N-dealkylation sites (tertiary alicyclic amines) is 1. The molecule has 1 rings (SSSR count). The maximum atomic E-state index is 12.1. The zero-order valence-electron chi connectivity index (χ0n) is 11.3. The van der Waals surface area contributed by atoms with E-state index < -0.39 is 11.4 Å². The standard InChI is InChI=1S/C13H23NO4/c1-9-8-14(5-4-10(9)15)11(16)6-13(2,3)7-12(17)18/h9-10,15H,4-8H2,1-3H3,(H,17,18). The summed E-state index contributed by atoms with van der Waals surface area (Å²) in [6, 6.07) is 0. The van der Waals surface area contributed by atoms with Gasteiger partial charge in [-0.3, -0.25) is 9.59 Å². The van der Waals surface area contributed by atoms with Crippen molar-refractivity contribution in [2.24, 2.45) is 11.3 Å². The Kier molecular flexibility index (Phi) is 4.73. The number of amides is 1. The van der Waals surface area contributed by atoms with E-state index in [2.05, 4.69) is 0 Å². The van der Waals surface area contributed by atoms with E-state index in [0.29, 0.717) is 19.5 Å². The van der Waals surface area contributed by atoms with Gasteiger partial charge in [0.1, 0.15) is 0 Å². The predicted octanol–water partition coefficient (Wildman–Crippen LogP) is 1.11. The summed E-state index contributed by atoms with van der Waals surface area (Å²) in [5.41, 5.74) is -0.526. The Hall–Kier alpha value is -1.10. The summed E-state index contributed by atoms with van der Waals surface area (Å²) in [7, 11) is 0. The van der Waals surface area contributed by atoms with Crippen LogP contribution >= 0.6 is 0 Å². The van der Waals surface area contributed by atoms with E-state index in [1.54, 1.807) is 18.7 Å². The van der Waals surface area contributed by atoms with Crippen molar-refractivity contribution in [1.82, 2.24) is 4.90 Å². The first kappa shape index (κ1) is 15.0. The SMILES string of the molecule is CC1CN(C(=O)CC(C)(C)CC(=O)O)CCC1O. The van der Waals surface area contributed by atoms with Gasteiger partial charge in [0.2, 0.25) is 5.91 Å². The third-order valence-corrected chi connectivity index (χ3v) is 3.47. The van der Waals surface area contributed by atoms with Gasteiger partial charge in [-0.25, -0.2) is 0 Å². The van der Waals surface area contributed by atoms with Gasteiger partial charge in [0.05, 0.1) is 12.5 Å². The summed E-state index contributed by atoms with van der Waals surface area (Å²) in [5, 5.41) is 18.4. The van der Waals surface area contributed by atoms with E-state index in [9.17, 15) is 14.7 Å². The number of carboxylic acid groups (broad SMARTS) is 1. The van der Waals surface area contributed by atoms with Crippen LogP contribution in [0, 0.1) is 11.3 Å². The molecule has 1 aliphatic rings. The maximum absolute atomic E-state index is 12.1. The predicted molar refractivity (Wildman–Crippen MR) is 67.0 cm³/mol. The van der Waals surface area contributed by atoms with Crippen LogP contribution in [-0.2, 0) is 9.59 Å². The second-order valence-corrected chi connectivity index (χ2v) is 6.08. The quantitative estimate of drug-likeness (QED) is 0.790. The minimum absolute atomic E-state index is 0.00917. The topological polar surface area (TPSA) is 77.8 Å². The highest BCUT2D eigenvalue weighted by Gasteiger charge is 2.31. The number of carbonyl (C=O) groups is 2. The van der Waals surface area contributed by atoms with Crippen LogP contribution in [0.15, 0.2) is 0 Å². The van der Waals surface area contributed by atoms with Gasteiger partial charge in [0.15, 0.2) is 0 Å². The maximum Gasteiger partial charge on any atom is 0.303 e. The molecule has 2 N–H and O–H groups in total. The Morgan fingerprint density at radius 3 is 2.44 bits per heavy atom. The fourth-order valence-corrected chi connectivity index (χ4v) is 2.35. The highest BCUT2D eigenvalue weighted by atomic mass is 16.4. The Bertz CT molecular complexity index is 327. The van der Waals surface area contributed by atoms with Crippen LogP contribution in [0.25, 0.3) is 0 Å². The lowest BCUT2D eigenvalue weighted by molar-refractivity contribution is -0.141. The summed E-state index contributed by atoms with van der Waals surface area (Å²) in [6.45, 7) is 6.63. The largest absolute Gasteiger partial charge is 0.481 e. The molecule has 1 fully saturated rings. The molecule has 2 atom stereocenters.